The third-order valence-electron chi connectivity index (χ3n) is 7.28. The quantitative estimate of drug-likeness (QED) is 0.392. The Balaban J connectivity index is 0.00000361. The van der Waals surface area contributed by atoms with Gasteiger partial charge < -0.3 is 19.9 Å². The molecule has 2 amide bonds. The summed E-state index contributed by atoms with van der Waals surface area (Å²) in [6.07, 6.45) is 2.98. The van der Waals surface area contributed by atoms with Gasteiger partial charge in [-0.3, -0.25) is 4.79 Å². The van der Waals surface area contributed by atoms with Crippen LogP contribution in [0.4, 0.5) is 4.79 Å². The second-order valence-electron chi connectivity index (χ2n) is 9.45. The molecule has 1 atom stereocenters. The standard InChI is InChI=1S/C27H33BrClN3O3.ClH/c1-2-35-26(34)30-24(22-5-3-4-6-23(22)29)11-15-31-16-12-27(13-17-31)14-18-32(25(27)33)19-20-7-9-21(28)10-8-20;/h3-10,24H,2,11-19H2,1H3,(H,30,34);1H. The Bertz CT molecular complexity index is 1030. The number of alkyl carbamates (subject to hydrolysis) is 1. The maximum Gasteiger partial charge on any atom is 0.407 e. The number of piperidine rings is 1. The lowest BCUT2D eigenvalue weighted by atomic mass is 9.77. The first kappa shape index (κ1) is 28.8. The van der Waals surface area contributed by atoms with Crippen LogP contribution in [0, 0.1) is 5.41 Å². The van der Waals surface area contributed by atoms with Gasteiger partial charge >= 0.3 is 6.09 Å². The smallest absolute Gasteiger partial charge is 0.407 e. The van der Waals surface area contributed by atoms with Crippen molar-refractivity contribution >= 4 is 51.9 Å². The summed E-state index contributed by atoms with van der Waals surface area (Å²) < 4.78 is 6.16. The number of ether oxygens (including phenoxy) is 1. The molecular weight excluding hydrogens is 565 g/mol. The van der Waals surface area contributed by atoms with Crippen LogP contribution in [0.2, 0.25) is 5.02 Å². The number of nitrogens with zero attached hydrogens (tertiary/aromatic N) is 2. The van der Waals surface area contributed by atoms with Crippen molar-refractivity contribution < 1.29 is 14.3 Å². The summed E-state index contributed by atoms with van der Waals surface area (Å²) in [5.74, 6) is 0.304. The van der Waals surface area contributed by atoms with E-state index < -0.39 is 6.09 Å². The Labute approximate surface area is 233 Å². The van der Waals surface area contributed by atoms with Crippen molar-refractivity contribution in [2.45, 2.75) is 45.2 Å². The van der Waals surface area contributed by atoms with Crippen molar-refractivity contribution in [3.63, 3.8) is 0 Å². The first-order valence-electron chi connectivity index (χ1n) is 12.3. The largest absolute Gasteiger partial charge is 0.450 e. The molecule has 6 nitrogen and oxygen atoms in total. The normalized spacial score (nSPS) is 18.1. The number of halogens is 3. The zero-order valence-electron chi connectivity index (χ0n) is 20.6. The minimum atomic E-state index is -0.433. The summed E-state index contributed by atoms with van der Waals surface area (Å²) in [6, 6.07) is 15.6. The predicted octanol–water partition coefficient (Wildman–Crippen LogP) is 6.22. The van der Waals surface area contributed by atoms with Crippen molar-refractivity contribution in [1.29, 1.82) is 0 Å². The molecule has 4 rings (SSSR count). The Morgan fingerprint density at radius 2 is 1.78 bits per heavy atom. The zero-order valence-corrected chi connectivity index (χ0v) is 23.7. The number of carbonyl (C=O) groups excluding carboxylic acids is 2. The highest BCUT2D eigenvalue weighted by Gasteiger charge is 2.47. The number of hydrogen-bond donors (Lipinski definition) is 1. The molecule has 1 spiro atoms. The van der Waals surface area contributed by atoms with Gasteiger partial charge in [-0.2, -0.15) is 0 Å². The molecule has 2 fully saturated rings. The Morgan fingerprint density at radius 3 is 2.44 bits per heavy atom. The molecule has 2 aliphatic heterocycles. The van der Waals surface area contributed by atoms with Crippen LogP contribution in [0.5, 0.6) is 0 Å². The van der Waals surface area contributed by atoms with Gasteiger partial charge in [0, 0.05) is 29.1 Å². The Hall–Kier alpha value is -1.80. The van der Waals surface area contributed by atoms with E-state index in [0.29, 0.717) is 24.1 Å². The molecule has 9 heteroatoms. The minimum Gasteiger partial charge on any atom is -0.450 e. The molecule has 0 bridgehead atoms. The summed E-state index contributed by atoms with van der Waals surface area (Å²) in [4.78, 5) is 29.9. The molecule has 1 N–H and O–H groups in total. The highest BCUT2D eigenvalue weighted by Crippen LogP contribution is 2.42. The number of nitrogens with one attached hydrogen (secondary N) is 1. The van der Waals surface area contributed by atoms with Crippen LogP contribution in [-0.4, -0.2) is 54.6 Å². The summed E-state index contributed by atoms with van der Waals surface area (Å²) in [5, 5.41) is 3.60. The van der Waals surface area contributed by atoms with Gasteiger partial charge in [0.25, 0.3) is 0 Å². The molecule has 2 aliphatic rings. The van der Waals surface area contributed by atoms with Gasteiger partial charge in [-0.25, -0.2) is 4.79 Å². The van der Waals surface area contributed by atoms with Crippen LogP contribution in [0.1, 0.15) is 49.8 Å². The van der Waals surface area contributed by atoms with Gasteiger partial charge in [-0.1, -0.05) is 57.9 Å². The predicted molar refractivity (Wildman–Crippen MR) is 148 cm³/mol. The monoisotopic (exact) mass is 597 g/mol. The first-order chi connectivity index (χ1) is 16.9. The van der Waals surface area contributed by atoms with Crippen LogP contribution in [0.15, 0.2) is 53.0 Å². The molecule has 36 heavy (non-hydrogen) atoms. The highest BCUT2D eigenvalue weighted by molar-refractivity contribution is 9.10. The van der Waals surface area contributed by atoms with Crippen LogP contribution in [0.3, 0.4) is 0 Å². The molecule has 1 unspecified atom stereocenters. The molecule has 196 valence electrons. The number of amides is 2. The fraction of sp³-hybridized carbons (Fsp3) is 0.481. The van der Waals surface area contributed by atoms with E-state index in [1.807, 2.05) is 41.3 Å². The van der Waals surface area contributed by atoms with Gasteiger partial charge in [0.2, 0.25) is 5.91 Å². The Morgan fingerprint density at radius 1 is 1.11 bits per heavy atom. The SMILES string of the molecule is CCOC(=O)NC(CCN1CCC2(CC1)CCN(Cc1ccc(Br)cc1)C2=O)c1ccccc1Cl.Cl. The summed E-state index contributed by atoms with van der Waals surface area (Å²) >= 11 is 9.90. The molecular formula is C27H34BrCl2N3O3. The van der Waals surface area contributed by atoms with E-state index in [4.69, 9.17) is 16.3 Å². The second-order valence-corrected chi connectivity index (χ2v) is 10.8. The van der Waals surface area contributed by atoms with Crippen LogP contribution >= 0.6 is 39.9 Å². The topological polar surface area (TPSA) is 61.9 Å². The fourth-order valence-corrected chi connectivity index (χ4v) is 5.74. The van der Waals surface area contributed by atoms with E-state index in [-0.39, 0.29) is 23.9 Å². The molecule has 0 saturated carbocycles. The number of hydrogen-bond acceptors (Lipinski definition) is 4. The van der Waals surface area contributed by atoms with Gasteiger partial charge in [0.05, 0.1) is 18.1 Å². The van der Waals surface area contributed by atoms with Crippen molar-refractivity contribution in [3.05, 3.63) is 69.2 Å². The molecule has 0 aliphatic carbocycles. The number of carbonyl (C=O) groups is 2. The Kier molecular flexibility index (Phi) is 10.5. The average Bonchev–Trinajstić information content (AvgIpc) is 3.14. The molecule has 2 aromatic rings. The highest BCUT2D eigenvalue weighted by atomic mass is 79.9. The molecule has 2 saturated heterocycles. The number of rotatable bonds is 8. The van der Waals surface area contributed by atoms with E-state index >= 15 is 0 Å². The van der Waals surface area contributed by atoms with Crippen molar-refractivity contribution in [2.24, 2.45) is 5.41 Å². The number of likely N-dealkylation sites (tertiary alicyclic amines) is 2. The van der Waals surface area contributed by atoms with E-state index in [9.17, 15) is 9.59 Å². The first-order valence-corrected chi connectivity index (χ1v) is 13.5. The minimum absolute atomic E-state index is 0. The molecule has 2 heterocycles. The lowest BCUT2D eigenvalue weighted by molar-refractivity contribution is -0.138. The average molecular weight is 599 g/mol. The third-order valence-corrected chi connectivity index (χ3v) is 8.16. The molecule has 0 aromatic heterocycles. The second kappa shape index (κ2) is 13.1. The van der Waals surface area contributed by atoms with Crippen molar-refractivity contribution in [1.82, 2.24) is 15.1 Å². The van der Waals surface area contributed by atoms with Crippen molar-refractivity contribution in [3.8, 4) is 0 Å². The zero-order chi connectivity index (χ0) is 24.8. The lowest BCUT2D eigenvalue weighted by Crippen LogP contribution is -2.45. The summed E-state index contributed by atoms with van der Waals surface area (Å²) in [7, 11) is 0. The molecule has 0 radical (unpaired) electrons. The third kappa shape index (κ3) is 6.94. The van der Waals surface area contributed by atoms with Gasteiger partial charge in [0.1, 0.15) is 0 Å². The van der Waals surface area contributed by atoms with E-state index in [1.165, 1.54) is 0 Å². The van der Waals surface area contributed by atoms with Crippen molar-refractivity contribution in [2.75, 3.05) is 32.8 Å². The van der Waals surface area contributed by atoms with Crippen LogP contribution < -0.4 is 5.32 Å². The lowest BCUT2D eigenvalue weighted by Gasteiger charge is -2.38. The van der Waals surface area contributed by atoms with E-state index in [0.717, 1.165) is 67.5 Å². The number of benzene rings is 2. The molecule has 2 aromatic carbocycles. The summed E-state index contributed by atoms with van der Waals surface area (Å²) in [6.45, 7) is 6.19. The maximum absolute atomic E-state index is 13.4. The van der Waals surface area contributed by atoms with E-state index in [2.05, 4.69) is 38.3 Å². The fourth-order valence-electron chi connectivity index (χ4n) is 5.21. The van der Waals surface area contributed by atoms with Gasteiger partial charge in [-0.05, 0) is 75.0 Å². The van der Waals surface area contributed by atoms with Gasteiger partial charge in [0.15, 0.2) is 0 Å². The van der Waals surface area contributed by atoms with Crippen LogP contribution in [0.25, 0.3) is 0 Å². The van der Waals surface area contributed by atoms with Crippen LogP contribution in [-0.2, 0) is 16.1 Å². The van der Waals surface area contributed by atoms with E-state index in [1.54, 1.807) is 6.92 Å². The maximum atomic E-state index is 13.4. The van der Waals surface area contributed by atoms with Gasteiger partial charge in [-0.15, -0.1) is 12.4 Å². The summed E-state index contributed by atoms with van der Waals surface area (Å²) in [5.41, 5.74) is 1.83.